The third-order valence-electron chi connectivity index (χ3n) is 3.63. The van der Waals surface area contributed by atoms with Gasteiger partial charge in [0.1, 0.15) is 0 Å². The van der Waals surface area contributed by atoms with Crippen molar-refractivity contribution in [2.45, 2.75) is 56.0 Å². The van der Waals surface area contributed by atoms with Crippen molar-refractivity contribution < 1.29 is 4.74 Å². The monoisotopic (exact) mass is 215 g/mol. The summed E-state index contributed by atoms with van der Waals surface area (Å²) in [5.41, 5.74) is 0. The summed E-state index contributed by atoms with van der Waals surface area (Å²) in [5, 5.41) is 3.76. The molecule has 1 saturated heterocycles. The Balaban J connectivity index is 1.85. The zero-order chi connectivity index (χ0) is 10.2. The van der Waals surface area contributed by atoms with Crippen LogP contribution in [0.1, 0.15) is 33.1 Å². The zero-order valence-electron chi connectivity index (χ0n) is 9.38. The molecule has 2 rings (SSSR count). The number of hydrogen-bond donors (Lipinski definition) is 1. The Hall–Kier alpha value is 0.270. The first kappa shape index (κ1) is 10.8. The fourth-order valence-electron chi connectivity index (χ4n) is 2.41. The molecule has 2 fully saturated rings. The third kappa shape index (κ3) is 1.95. The van der Waals surface area contributed by atoms with E-state index in [2.05, 4.69) is 30.9 Å². The van der Waals surface area contributed by atoms with Crippen LogP contribution in [0.3, 0.4) is 0 Å². The highest BCUT2D eigenvalue weighted by Crippen LogP contribution is 2.40. The fourth-order valence-corrected chi connectivity index (χ4v) is 3.57. The van der Waals surface area contributed by atoms with Crippen molar-refractivity contribution in [2.24, 2.45) is 0 Å². The van der Waals surface area contributed by atoms with Crippen molar-refractivity contribution in [3.63, 3.8) is 0 Å². The molecule has 1 aliphatic heterocycles. The van der Waals surface area contributed by atoms with Crippen molar-refractivity contribution in [3.05, 3.63) is 0 Å². The summed E-state index contributed by atoms with van der Waals surface area (Å²) in [7, 11) is 1.84. The number of hydrogen-bond acceptors (Lipinski definition) is 3. The van der Waals surface area contributed by atoms with Gasteiger partial charge in [0.25, 0.3) is 0 Å². The Morgan fingerprint density at radius 2 is 2.14 bits per heavy atom. The van der Waals surface area contributed by atoms with Gasteiger partial charge in [0.2, 0.25) is 0 Å². The number of methoxy groups -OCH3 is 1. The third-order valence-corrected chi connectivity index (χ3v) is 5.16. The second kappa shape index (κ2) is 4.03. The van der Waals surface area contributed by atoms with E-state index in [1.807, 2.05) is 7.11 Å². The zero-order valence-corrected chi connectivity index (χ0v) is 10.2. The number of ether oxygens (including phenoxy) is 1. The molecule has 2 nitrogen and oxygen atoms in total. The SMILES string of the molecule is COC1CCCC1NC1CSC1(C)C. The Morgan fingerprint density at radius 3 is 2.64 bits per heavy atom. The van der Waals surface area contributed by atoms with Crippen LogP contribution in [0, 0.1) is 0 Å². The maximum absolute atomic E-state index is 5.49. The lowest BCUT2D eigenvalue weighted by atomic mass is 10.0. The molecule has 82 valence electrons. The highest BCUT2D eigenvalue weighted by atomic mass is 32.2. The van der Waals surface area contributed by atoms with Gasteiger partial charge >= 0.3 is 0 Å². The largest absolute Gasteiger partial charge is 0.380 e. The normalized spacial score (nSPS) is 40.9. The van der Waals surface area contributed by atoms with Crippen LogP contribution < -0.4 is 5.32 Å². The summed E-state index contributed by atoms with van der Waals surface area (Å²) in [4.78, 5) is 0. The number of thioether (sulfide) groups is 1. The molecule has 0 radical (unpaired) electrons. The standard InChI is InChI=1S/C11H21NOS/c1-11(2)10(7-14-11)12-8-5-4-6-9(8)13-3/h8-10,12H,4-7H2,1-3H3. The van der Waals surface area contributed by atoms with E-state index < -0.39 is 0 Å². The van der Waals surface area contributed by atoms with Crippen LogP contribution in [0.15, 0.2) is 0 Å². The number of nitrogens with one attached hydrogen (secondary N) is 1. The number of rotatable bonds is 3. The summed E-state index contributed by atoms with van der Waals surface area (Å²) in [6, 6.07) is 1.29. The predicted molar refractivity (Wildman–Crippen MR) is 61.9 cm³/mol. The minimum atomic E-state index is 0.431. The summed E-state index contributed by atoms with van der Waals surface area (Å²) >= 11 is 2.06. The molecule has 3 atom stereocenters. The lowest BCUT2D eigenvalue weighted by molar-refractivity contribution is 0.0800. The molecule has 0 aromatic heterocycles. The van der Waals surface area contributed by atoms with Gasteiger partial charge in [0, 0.05) is 29.7 Å². The van der Waals surface area contributed by atoms with Crippen molar-refractivity contribution >= 4 is 11.8 Å². The van der Waals surface area contributed by atoms with Gasteiger partial charge in [0.05, 0.1) is 6.10 Å². The molecule has 0 amide bonds. The molecule has 3 heteroatoms. The highest BCUT2D eigenvalue weighted by Gasteiger charge is 2.42. The first-order valence-corrected chi connectivity index (χ1v) is 6.55. The molecule has 0 aromatic rings. The van der Waals surface area contributed by atoms with E-state index in [-0.39, 0.29) is 0 Å². The Bertz CT molecular complexity index is 207. The molecular formula is C11H21NOS. The second-order valence-corrected chi connectivity index (χ2v) is 6.62. The van der Waals surface area contributed by atoms with Gasteiger partial charge in [-0.3, -0.25) is 0 Å². The van der Waals surface area contributed by atoms with Gasteiger partial charge in [-0.25, -0.2) is 0 Å². The predicted octanol–water partition coefficient (Wildman–Crippen LogP) is 2.04. The minimum Gasteiger partial charge on any atom is -0.380 e. The summed E-state index contributed by atoms with van der Waals surface area (Å²) in [5.74, 6) is 1.26. The molecule has 1 aliphatic carbocycles. The quantitative estimate of drug-likeness (QED) is 0.778. The smallest absolute Gasteiger partial charge is 0.0724 e. The molecule has 2 aliphatic rings. The van der Waals surface area contributed by atoms with Gasteiger partial charge < -0.3 is 10.1 Å². The van der Waals surface area contributed by atoms with Crippen LogP contribution >= 0.6 is 11.8 Å². The van der Waals surface area contributed by atoms with Crippen LogP contribution in [0.2, 0.25) is 0 Å². The molecule has 0 bridgehead atoms. The van der Waals surface area contributed by atoms with E-state index in [0.29, 0.717) is 22.9 Å². The second-order valence-electron chi connectivity index (χ2n) is 4.95. The Morgan fingerprint density at radius 1 is 1.36 bits per heavy atom. The van der Waals surface area contributed by atoms with Crippen LogP contribution in [-0.2, 0) is 4.74 Å². The maximum atomic E-state index is 5.49. The van der Waals surface area contributed by atoms with Gasteiger partial charge in [-0.15, -0.1) is 0 Å². The van der Waals surface area contributed by atoms with Crippen molar-refractivity contribution in [1.82, 2.24) is 5.32 Å². The van der Waals surface area contributed by atoms with Crippen molar-refractivity contribution in [3.8, 4) is 0 Å². The van der Waals surface area contributed by atoms with E-state index in [1.54, 1.807) is 0 Å². The maximum Gasteiger partial charge on any atom is 0.0724 e. The van der Waals surface area contributed by atoms with Crippen LogP contribution in [0.4, 0.5) is 0 Å². The fraction of sp³-hybridized carbons (Fsp3) is 1.00. The van der Waals surface area contributed by atoms with Gasteiger partial charge in [0.15, 0.2) is 0 Å². The molecule has 1 heterocycles. The Kier molecular flexibility index (Phi) is 3.10. The van der Waals surface area contributed by atoms with Crippen molar-refractivity contribution in [1.29, 1.82) is 0 Å². The van der Waals surface area contributed by atoms with Crippen LogP contribution in [-0.4, -0.2) is 35.8 Å². The van der Waals surface area contributed by atoms with Gasteiger partial charge in [-0.1, -0.05) is 0 Å². The molecular weight excluding hydrogens is 194 g/mol. The van der Waals surface area contributed by atoms with E-state index in [4.69, 9.17) is 4.74 Å². The van der Waals surface area contributed by atoms with Crippen LogP contribution in [0.25, 0.3) is 0 Å². The van der Waals surface area contributed by atoms with E-state index in [9.17, 15) is 0 Å². The van der Waals surface area contributed by atoms with E-state index in [0.717, 1.165) is 0 Å². The lowest BCUT2D eigenvalue weighted by Gasteiger charge is -2.46. The first-order valence-electron chi connectivity index (χ1n) is 5.56. The first-order chi connectivity index (χ1) is 6.63. The summed E-state index contributed by atoms with van der Waals surface area (Å²) in [6.07, 6.45) is 4.29. The molecule has 1 saturated carbocycles. The highest BCUT2D eigenvalue weighted by molar-refractivity contribution is 8.02. The lowest BCUT2D eigenvalue weighted by Crippen LogP contribution is -2.58. The molecule has 0 spiro atoms. The molecule has 14 heavy (non-hydrogen) atoms. The minimum absolute atomic E-state index is 0.431. The molecule has 0 aromatic carbocycles. The molecule has 3 unspecified atom stereocenters. The topological polar surface area (TPSA) is 21.3 Å². The van der Waals surface area contributed by atoms with Gasteiger partial charge in [-0.05, 0) is 33.1 Å². The Labute approximate surface area is 91.2 Å². The van der Waals surface area contributed by atoms with E-state index >= 15 is 0 Å². The summed E-state index contributed by atoms with van der Waals surface area (Å²) in [6.45, 7) is 4.66. The summed E-state index contributed by atoms with van der Waals surface area (Å²) < 4.78 is 5.92. The van der Waals surface area contributed by atoms with Crippen LogP contribution in [0.5, 0.6) is 0 Å². The van der Waals surface area contributed by atoms with Gasteiger partial charge in [-0.2, -0.15) is 11.8 Å². The van der Waals surface area contributed by atoms with E-state index in [1.165, 1.54) is 25.0 Å². The molecule has 1 N–H and O–H groups in total. The average Bonchev–Trinajstić information content (AvgIpc) is 2.59. The average molecular weight is 215 g/mol. The van der Waals surface area contributed by atoms with Crippen molar-refractivity contribution in [2.75, 3.05) is 12.9 Å².